The van der Waals surface area contributed by atoms with E-state index in [2.05, 4.69) is 10.2 Å². The molecule has 0 radical (unpaired) electrons. The van der Waals surface area contributed by atoms with E-state index in [1.54, 1.807) is 10.6 Å². The summed E-state index contributed by atoms with van der Waals surface area (Å²) in [6.45, 7) is 0.885. The molecule has 1 aromatic carbocycles. The summed E-state index contributed by atoms with van der Waals surface area (Å²) in [5, 5.41) is 8.24. The number of aromatic nitrogens is 3. The van der Waals surface area contributed by atoms with Crippen molar-refractivity contribution < 1.29 is 12.8 Å². The Balaban J connectivity index is 1.71. The van der Waals surface area contributed by atoms with Crippen molar-refractivity contribution in [1.29, 1.82) is 0 Å². The molecule has 1 unspecified atom stereocenters. The molecule has 2 heterocycles. The predicted molar refractivity (Wildman–Crippen MR) is 89.8 cm³/mol. The molecule has 8 heteroatoms. The van der Waals surface area contributed by atoms with Crippen LogP contribution in [0.1, 0.15) is 37.4 Å². The highest BCUT2D eigenvalue weighted by Gasteiger charge is 2.53. The highest BCUT2D eigenvalue weighted by molar-refractivity contribution is 7.89. The highest BCUT2D eigenvalue weighted by Crippen LogP contribution is 2.53. The van der Waals surface area contributed by atoms with Gasteiger partial charge in [0.2, 0.25) is 10.0 Å². The van der Waals surface area contributed by atoms with Crippen LogP contribution in [0.4, 0.5) is 4.39 Å². The summed E-state index contributed by atoms with van der Waals surface area (Å²) >= 11 is 0. The fraction of sp³-hybridized carbons (Fsp3) is 0.529. The van der Waals surface area contributed by atoms with E-state index in [9.17, 15) is 12.8 Å². The largest absolute Gasteiger partial charge is 0.320 e. The molecule has 0 bridgehead atoms. The maximum atomic E-state index is 13.2. The first-order valence-corrected chi connectivity index (χ1v) is 9.96. The maximum Gasteiger partial charge on any atom is 0.243 e. The van der Waals surface area contributed by atoms with Crippen LogP contribution in [0.2, 0.25) is 0 Å². The molecule has 1 aliphatic carbocycles. The van der Waals surface area contributed by atoms with Crippen LogP contribution in [0.5, 0.6) is 0 Å². The number of hydrogen-bond acceptors (Lipinski definition) is 4. The topological polar surface area (TPSA) is 68.1 Å². The molecule has 0 N–H and O–H groups in total. The monoisotopic (exact) mass is 364 g/mol. The Labute approximate surface area is 146 Å². The van der Waals surface area contributed by atoms with Crippen molar-refractivity contribution in [3.8, 4) is 0 Å². The normalized spacial score (nSPS) is 23.5. The summed E-state index contributed by atoms with van der Waals surface area (Å²) in [5.41, 5.74) is -0.0755. The predicted octanol–water partition coefficient (Wildman–Crippen LogP) is 2.30. The fourth-order valence-corrected chi connectivity index (χ4v) is 5.96. The van der Waals surface area contributed by atoms with E-state index in [1.165, 1.54) is 24.3 Å². The van der Waals surface area contributed by atoms with Gasteiger partial charge in [-0.3, -0.25) is 0 Å². The minimum absolute atomic E-state index is 0.0396. The van der Waals surface area contributed by atoms with E-state index >= 15 is 0 Å². The Kier molecular flexibility index (Phi) is 3.92. The van der Waals surface area contributed by atoms with Gasteiger partial charge in [-0.1, -0.05) is 12.8 Å². The van der Waals surface area contributed by atoms with Gasteiger partial charge in [0.05, 0.1) is 4.90 Å². The van der Waals surface area contributed by atoms with Gasteiger partial charge in [0.1, 0.15) is 18.0 Å². The number of rotatable bonds is 3. The molecule has 2 aliphatic rings. The lowest BCUT2D eigenvalue weighted by molar-refractivity contribution is 0.274. The smallest absolute Gasteiger partial charge is 0.243 e. The molecule has 1 saturated carbocycles. The van der Waals surface area contributed by atoms with Gasteiger partial charge in [0, 0.05) is 26.1 Å². The third-order valence-electron chi connectivity index (χ3n) is 5.73. The van der Waals surface area contributed by atoms with Gasteiger partial charge in [0.15, 0.2) is 0 Å². The van der Waals surface area contributed by atoms with E-state index < -0.39 is 15.8 Å². The van der Waals surface area contributed by atoms with E-state index in [0.717, 1.165) is 31.5 Å². The number of hydrogen-bond donors (Lipinski definition) is 0. The average molecular weight is 364 g/mol. The Morgan fingerprint density at radius 2 is 1.88 bits per heavy atom. The van der Waals surface area contributed by atoms with Gasteiger partial charge < -0.3 is 4.57 Å². The van der Waals surface area contributed by atoms with Gasteiger partial charge in [-0.25, -0.2) is 12.8 Å². The zero-order chi connectivity index (χ0) is 17.7. The quantitative estimate of drug-likeness (QED) is 0.838. The van der Waals surface area contributed by atoms with Crippen molar-refractivity contribution in [1.82, 2.24) is 19.1 Å². The number of aryl methyl sites for hydroxylation is 1. The van der Waals surface area contributed by atoms with Crippen LogP contribution < -0.4 is 0 Å². The first-order valence-electron chi connectivity index (χ1n) is 8.52. The Bertz CT molecular complexity index is 872. The molecule has 1 aliphatic heterocycles. The van der Waals surface area contributed by atoms with Crippen LogP contribution in [0.15, 0.2) is 35.5 Å². The Morgan fingerprint density at radius 1 is 1.20 bits per heavy atom. The van der Waals surface area contributed by atoms with Gasteiger partial charge >= 0.3 is 0 Å². The molecule has 1 atom stereocenters. The first-order chi connectivity index (χ1) is 11.9. The third-order valence-corrected chi connectivity index (χ3v) is 7.55. The zero-order valence-corrected chi connectivity index (χ0v) is 14.9. The second-order valence-corrected chi connectivity index (χ2v) is 9.11. The number of nitrogens with zero attached hydrogens (tertiary/aromatic N) is 4. The van der Waals surface area contributed by atoms with Gasteiger partial charge in [-0.05, 0) is 42.5 Å². The van der Waals surface area contributed by atoms with Gasteiger partial charge in [0.25, 0.3) is 0 Å². The molecule has 4 rings (SSSR count). The zero-order valence-electron chi connectivity index (χ0n) is 14.1. The lowest BCUT2D eigenvalue weighted by Crippen LogP contribution is -2.31. The van der Waals surface area contributed by atoms with Crippen LogP contribution in [0.25, 0.3) is 0 Å². The number of benzene rings is 1. The van der Waals surface area contributed by atoms with Crippen LogP contribution in [0, 0.1) is 11.2 Å². The van der Waals surface area contributed by atoms with Crippen LogP contribution in [-0.4, -0.2) is 40.6 Å². The Hall–Kier alpha value is -1.80. The minimum atomic E-state index is -3.65. The first kappa shape index (κ1) is 16.7. The van der Waals surface area contributed by atoms with Crippen LogP contribution in [0.3, 0.4) is 0 Å². The van der Waals surface area contributed by atoms with E-state index in [-0.39, 0.29) is 16.2 Å². The molecule has 134 valence electrons. The summed E-state index contributed by atoms with van der Waals surface area (Å²) in [7, 11) is -1.75. The lowest BCUT2D eigenvalue weighted by atomic mass is 9.76. The van der Waals surface area contributed by atoms with E-state index in [4.69, 9.17) is 0 Å². The maximum absolute atomic E-state index is 13.2. The molecule has 6 nitrogen and oxygen atoms in total. The molecule has 1 saturated heterocycles. The second kappa shape index (κ2) is 5.88. The molecule has 2 aromatic rings. The van der Waals surface area contributed by atoms with Crippen molar-refractivity contribution in [2.24, 2.45) is 12.5 Å². The van der Waals surface area contributed by atoms with Crippen LogP contribution >= 0.6 is 0 Å². The molecule has 1 aromatic heterocycles. The Morgan fingerprint density at radius 3 is 2.48 bits per heavy atom. The molecule has 25 heavy (non-hydrogen) atoms. The standard InChI is InChI=1S/C17H21FN4O2S/c1-21-12-19-20-16(21)15-10-22(11-17(15)8-2-3-9-17)25(23,24)14-6-4-13(18)5-7-14/h4-7,12,15H,2-3,8-11H2,1H3. The molecule has 1 spiro atoms. The van der Waals surface area contributed by atoms with Crippen molar-refractivity contribution in [3.05, 3.63) is 42.2 Å². The summed E-state index contributed by atoms with van der Waals surface area (Å²) in [5.74, 6) is 0.445. The minimum Gasteiger partial charge on any atom is -0.320 e. The van der Waals surface area contributed by atoms with Crippen molar-refractivity contribution in [2.45, 2.75) is 36.5 Å². The van der Waals surface area contributed by atoms with Crippen molar-refractivity contribution in [2.75, 3.05) is 13.1 Å². The number of halogens is 1. The molecule has 0 amide bonds. The fourth-order valence-electron chi connectivity index (χ4n) is 4.41. The average Bonchev–Trinajstić information content (AvgIpc) is 3.30. The summed E-state index contributed by atoms with van der Waals surface area (Å²) in [6, 6.07) is 5.05. The lowest BCUT2D eigenvalue weighted by Gasteiger charge is -2.29. The van der Waals surface area contributed by atoms with E-state index in [1.807, 2.05) is 11.6 Å². The van der Waals surface area contributed by atoms with Crippen molar-refractivity contribution in [3.63, 3.8) is 0 Å². The van der Waals surface area contributed by atoms with Crippen molar-refractivity contribution >= 4 is 10.0 Å². The molecular weight excluding hydrogens is 343 g/mol. The van der Waals surface area contributed by atoms with Gasteiger partial charge in [-0.2, -0.15) is 4.31 Å². The second-order valence-electron chi connectivity index (χ2n) is 7.17. The van der Waals surface area contributed by atoms with Crippen LogP contribution in [-0.2, 0) is 17.1 Å². The van der Waals surface area contributed by atoms with E-state index in [0.29, 0.717) is 13.1 Å². The summed E-state index contributed by atoms with van der Waals surface area (Å²) in [6.07, 6.45) is 5.88. The van der Waals surface area contributed by atoms with Gasteiger partial charge in [-0.15, -0.1) is 10.2 Å². The summed E-state index contributed by atoms with van der Waals surface area (Å²) < 4.78 is 42.7. The molecular formula is C17H21FN4O2S. The summed E-state index contributed by atoms with van der Waals surface area (Å²) in [4.78, 5) is 0.140. The highest BCUT2D eigenvalue weighted by atomic mass is 32.2. The number of sulfonamides is 1. The third kappa shape index (κ3) is 2.67. The molecule has 2 fully saturated rings. The SMILES string of the molecule is Cn1cnnc1C1CN(S(=O)(=O)c2ccc(F)cc2)CC12CCCC2.